The fourth-order valence-corrected chi connectivity index (χ4v) is 2.43. The predicted molar refractivity (Wildman–Crippen MR) is 54.9 cm³/mol. The maximum absolute atomic E-state index is 11.7. The van der Waals surface area contributed by atoms with Gasteiger partial charge in [0.2, 0.25) is 9.05 Å². The molecule has 0 spiro atoms. The van der Waals surface area contributed by atoms with E-state index in [1.165, 1.54) is 0 Å². The first-order valence-electron chi connectivity index (χ1n) is 4.71. The summed E-state index contributed by atoms with van der Waals surface area (Å²) in [6.07, 6.45) is -4.80. The Hall–Kier alpha value is -0.0100. The molecule has 0 saturated carbocycles. The van der Waals surface area contributed by atoms with E-state index in [9.17, 15) is 21.6 Å². The molecule has 16 heavy (non-hydrogen) atoms. The number of halogens is 4. The fraction of sp³-hybridized carbons (Fsp3) is 1.00. The lowest BCUT2D eigenvalue weighted by atomic mass is 10.1. The first-order chi connectivity index (χ1) is 7.14. The van der Waals surface area contributed by atoms with E-state index in [2.05, 4.69) is 0 Å². The summed E-state index contributed by atoms with van der Waals surface area (Å²) in [5.74, 6) is -0.646. The lowest BCUT2D eigenvalue weighted by Gasteiger charge is -2.13. The summed E-state index contributed by atoms with van der Waals surface area (Å²) in [7, 11) is 1.40. The van der Waals surface area contributed by atoms with E-state index in [0.717, 1.165) is 0 Å². The second-order valence-corrected chi connectivity index (χ2v) is 6.24. The summed E-state index contributed by atoms with van der Waals surface area (Å²) >= 11 is 0. The van der Waals surface area contributed by atoms with Crippen molar-refractivity contribution in [3.05, 3.63) is 0 Å². The van der Waals surface area contributed by atoms with Gasteiger partial charge in [0.05, 0.1) is 25.4 Å². The van der Waals surface area contributed by atoms with Gasteiger partial charge >= 0.3 is 6.18 Å². The number of alkyl halides is 3. The summed E-state index contributed by atoms with van der Waals surface area (Å²) in [5.41, 5.74) is 0. The maximum atomic E-state index is 11.7. The minimum Gasteiger partial charge on any atom is -0.381 e. The third-order valence-corrected chi connectivity index (χ3v) is 3.14. The van der Waals surface area contributed by atoms with Crippen molar-refractivity contribution in [1.29, 1.82) is 0 Å². The molecule has 0 fully saturated rings. The molecule has 0 heterocycles. The Morgan fingerprint density at radius 1 is 1.38 bits per heavy atom. The summed E-state index contributed by atoms with van der Waals surface area (Å²) in [4.78, 5) is 0. The molecule has 8 heteroatoms. The van der Waals surface area contributed by atoms with Crippen LogP contribution in [0.15, 0.2) is 0 Å². The van der Waals surface area contributed by atoms with E-state index in [0.29, 0.717) is 6.42 Å². The number of hydrogen-bond acceptors (Lipinski definition) is 3. The lowest BCUT2D eigenvalue weighted by molar-refractivity contribution is -0.145. The predicted octanol–water partition coefficient (Wildman–Crippen LogP) is 2.55. The lowest BCUT2D eigenvalue weighted by Crippen LogP contribution is -2.19. The molecule has 1 atom stereocenters. The van der Waals surface area contributed by atoms with Gasteiger partial charge in [-0.15, -0.1) is 0 Å². The molecule has 0 radical (unpaired) electrons. The van der Waals surface area contributed by atoms with Gasteiger partial charge in [0.1, 0.15) is 0 Å². The second kappa shape index (κ2) is 6.66. The Labute approximate surface area is 97.3 Å². The third kappa shape index (κ3) is 10.5. The Morgan fingerprint density at radius 2 is 1.94 bits per heavy atom. The molecule has 0 amide bonds. The van der Waals surface area contributed by atoms with E-state index in [4.69, 9.17) is 15.4 Å². The average Bonchev–Trinajstić information content (AvgIpc) is 2.06. The van der Waals surface area contributed by atoms with Crippen molar-refractivity contribution in [3.63, 3.8) is 0 Å². The Bertz CT molecular complexity index is 289. The van der Waals surface area contributed by atoms with Gasteiger partial charge in [-0.3, -0.25) is 0 Å². The molecule has 0 aliphatic carbocycles. The molecule has 3 nitrogen and oxygen atoms in total. The van der Waals surface area contributed by atoms with Crippen LogP contribution in [0.3, 0.4) is 0 Å². The Balaban J connectivity index is 3.81. The molecule has 1 unspecified atom stereocenters. The minimum atomic E-state index is -4.25. The van der Waals surface area contributed by atoms with Crippen LogP contribution < -0.4 is 0 Å². The zero-order valence-corrected chi connectivity index (χ0v) is 10.3. The molecule has 0 N–H and O–H groups in total. The highest BCUT2D eigenvalue weighted by molar-refractivity contribution is 8.13. The number of rotatable bonds is 7. The zero-order chi connectivity index (χ0) is 12.8. The first-order valence-corrected chi connectivity index (χ1v) is 7.18. The molecule has 98 valence electrons. The molecule has 0 aliphatic heterocycles. The number of ether oxygens (including phenoxy) is 1. The summed E-state index contributed by atoms with van der Waals surface area (Å²) < 4.78 is 61.4. The third-order valence-electron chi connectivity index (χ3n) is 1.90. The van der Waals surface area contributed by atoms with Crippen LogP contribution in [0.5, 0.6) is 0 Å². The molecular formula is C8H14ClF3O3S. The van der Waals surface area contributed by atoms with Crippen LogP contribution in [0.1, 0.15) is 19.8 Å². The van der Waals surface area contributed by atoms with Gasteiger partial charge < -0.3 is 4.74 Å². The zero-order valence-electron chi connectivity index (χ0n) is 8.76. The molecule has 0 aromatic carbocycles. The van der Waals surface area contributed by atoms with Crippen LogP contribution in [0, 0.1) is 5.92 Å². The van der Waals surface area contributed by atoms with Crippen molar-refractivity contribution in [2.24, 2.45) is 5.92 Å². The van der Waals surface area contributed by atoms with Crippen LogP contribution >= 0.6 is 10.7 Å². The molecule has 0 rings (SSSR count). The van der Waals surface area contributed by atoms with Crippen molar-refractivity contribution in [2.45, 2.75) is 25.9 Å². The van der Waals surface area contributed by atoms with Crippen LogP contribution in [0.25, 0.3) is 0 Å². The normalized spacial score (nSPS) is 15.1. The largest absolute Gasteiger partial charge is 0.391 e. The standard InChI is InChI=1S/C8H14ClF3O3S/c1-2-7(6-16(9,13)14)5-15-4-3-8(10,11)12/h7H,2-6H2,1H3. The van der Waals surface area contributed by atoms with Crippen molar-refractivity contribution in [3.8, 4) is 0 Å². The quantitative estimate of drug-likeness (QED) is 0.532. The summed E-state index contributed by atoms with van der Waals surface area (Å²) in [6, 6.07) is 0. The Kier molecular flexibility index (Phi) is 6.65. The number of hydrogen-bond donors (Lipinski definition) is 0. The highest BCUT2D eigenvalue weighted by atomic mass is 35.7. The van der Waals surface area contributed by atoms with E-state index < -0.39 is 28.3 Å². The summed E-state index contributed by atoms with van der Waals surface area (Å²) in [5, 5.41) is 0. The average molecular weight is 283 g/mol. The second-order valence-electron chi connectivity index (χ2n) is 3.42. The van der Waals surface area contributed by atoms with E-state index in [1.807, 2.05) is 0 Å². The topological polar surface area (TPSA) is 43.4 Å². The van der Waals surface area contributed by atoms with Crippen LogP contribution in [0.4, 0.5) is 13.2 Å². The van der Waals surface area contributed by atoms with Crippen molar-refractivity contribution < 1.29 is 26.3 Å². The Morgan fingerprint density at radius 3 is 2.31 bits per heavy atom. The fourth-order valence-electron chi connectivity index (χ4n) is 1.00. The van der Waals surface area contributed by atoms with Gasteiger partial charge in [0.15, 0.2) is 0 Å². The van der Waals surface area contributed by atoms with Gasteiger partial charge in [-0.1, -0.05) is 13.3 Å². The van der Waals surface area contributed by atoms with E-state index in [1.54, 1.807) is 6.92 Å². The molecule has 0 saturated heterocycles. The smallest absolute Gasteiger partial charge is 0.381 e. The van der Waals surface area contributed by atoms with Gasteiger partial charge in [0, 0.05) is 10.7 Å². The van der Waals surface area contributed by atoms with Gasteiger partial charge in [-0.05, 0) is 5.92 Å². The summed E-state index contributed by atoms with van der Waals surface area (Å²) in [6.45, 7) is 1.24. The highest BCUT2D eigenvalue weighted by Crippen LogP contribution is 2.19. The molecule has 0 aromatic rings. The molecule has 0 aliphatic rings. The van der Waals surface area contributed by atoms with E-state index >= 15 is 0 Å². The molecule has 0 aromatic heterocycles. The SMILES string of the molecule is CCC(COCCC(F)(F)F)CS(=O)(=O)Cl. The van der Waals surface area contributed by atoms with Crippen molar-refractivity contribution >= 4 is 19.7 Å². The van der Waals surface area contributed by atoms with Crippen molar-refractivity contribution in [2.75, 3.05) is 19.0 Å². The molecule has 0 bridgehead atoms. The first kappa shape index (κ1) is 16.0. The van der Waals surface area contributed by atoms with Gasteiger partial charge in [0.25, 0.3) is 0 Å². The van der Waals surface area contributed by atoms with Gasteiger partial charge in [-0.25, -0.2) is 8.42 Å². The van der Waals surface area contributed by atoms with E-state index in [-0.39, 0.29) is 18.3 Å². The van der Waals surface area contributed by atoms with Crippen LogP contribution in [0.2, 0.25) is 0 Å². The van der Waals surface area contributed by atoms with Crippen molar-refractivity contribution in [1.82, 2.24) is 0 Å². The van der Waals surface area contributed by atoms with Gasteiger partial charge in [-0.2, -0.15) is 13.2 Å². The van der Waals surface area contributed by atoms with Crippen LogP contribution in [-0.4, -0.2) is 33.6 Å². The minimum absolute atomic E-state index is 0.0292. The molecular weight excluding hydrogens is 269 g/mol. The monoisotopic (exact) mass is 282 g/mol. The van der Waals surface area contributed by atoms with Crippen LogP contribution in [-0.2, 0) is 13.8 Å². The maximum Gasteiger partial charge on any atom is 0.391 e. The highest BCUT2D eigenvalue weighted by Gasteiger charge is 2.26.